The van der Waals surface area contributed by atoms with Crippen LogP contribution in [0.1, 0.15) is 55.7 Å². The summed E-state index contributed by atoms with van der Waals surface area (Å²) in [6.07, 6.45) is 8.06. The highest BCUT2D eigenvalue weighted by molar-refractivity contribution is 5.87. The van der Waals surface area contributed by atoms with E-state index in [0.717, 1.165) is 0 Å². The van der Waals surface area contributed by atoms with Crippen molar-refractivity contribution in [2.75, 3.05) is 0 Å². The Bertz CT molecular complexity index is 579. The second-order valence-electron chi connectivity index (χ2n) is 6.29. The zero-order valence-electron chi connectivity index (χ0n) is 12.4. The average molecular weight is 267 g/mol. The van der Waals surface area contributed by atoms with E-state index in [-0.39, 0.29) is 6.04 Å². The van der Waals surface area contributed by atoms with Gasteiger partial charge in [-0.05, 0) is 47.6 Å². The van der Waals surface area contributed by atoms with Crippen LogP contribution < -0.4 is 5.73 Å². The molecule has 0 spiro atoms. The molecule has 0 aromatic heterocycles. The number of hydrogen-bond donors (Lipinski definition) is 1. The molecule has 2 aromatic carbocycles. The van der Waals surface area contributed by atoms with Crippen molar-refractivity contribution in [1.29, 1.82) is 0 Å². The van der Waals surface area contributed by atoms with Gasteiger partial charge in [0.15, 0.2) is 0 Å². The molecule has 1 atom stereocenters. The Balaban J connectivity index is 2.01. The lowest BCUT2D eigenvalue weighted by Crippen LogP contribution is -2.22. The third kappa shape index (κ3) is 2.60. The van der Waals surface area contributed by atoms with Crippen LogP contribution in [0.15, 0.2) is 36.4 Å². The third-order valence-corrected chi connectivity index (χ3v) is 4.93. The molecule has 0 bridgehead atoms. The van der Waals surface area contributed by atoms with Crippen molar-refractivity contribution in [2.45, 2.75) is 51.5 Å². The Labute approximate surface area is 122 Å². The summed E-state index contributed by atoms with van der Waals surface area (Å²) in [5.41, 5.74) is 9.44. The Morgan fingerprint density at radius 2 is 1.65 bits per heavy atom. The van der Waals surface area contributed by atoms with Crippen LogP contribution in [0.4, 0.5) is 0 Å². The molecule has 1 saturated carbocycles. The maximum atomic E-state index is 6.71. The minimum atomic E-state index is 0.194. The molecule has 1 unspecified atom stereocenters. The van der Waals surface area contributed by atoms with Crippen molar-refractivity contribution >= 4 is 10.8 Å². The summed E-state index contributed by atoms with van der Waals surface area (Å²) in [6, 6.07) is 13.3. The van der Waals surface area contributed by atoms with Crippen molar-refractivity contribution in [3.05, 3.63) is 47.5 Å². The first-order valence-corrected chi connectivity index (χ1v) is 8.01. The van der Waals surface area contributed by atoms with Crippen LogP contribution in [-0.2, 0) is 0 Å². The van der Waals surface area contributed by atoms with Crippen LogP contribution in [0.5, 0.6) is 0 Å². The van der Waals surface area contributed by atoms with E-state index in [0.29, 0.717) is 5.92 Å². The summed E-state index contributed by atoms with van der Waals surface area (Å²) in [5, 5.41) is 2.67. The number of fused-ring (bicyclic) bond motifs is 1. The molecule has 1 aliphatic rings. The molecule has 1 fully saturated rings. The largest absolute Gasteiger partial charge is 0.324 e. The predicted molar refractivity (Wildman–Crippen MR) is 86.8 cm³/mol. The van der Waals surface area contributed by atoms with Gasteiger partial charge >= 0.3 is 0 Å². The van der Waals surface area contributed by atoms with Crippen LogP contribution in [0, 0.1) is 12.8 Å². The maximum Gasteiger partial charge on any atom is 0.0332 e. The number of aryl methyl sites for hydroxylation is 1. The predicted octanol–water partition coefficient (Wildman–Crippen LogP) is 5.12. The summed E-state index contributed by atoms with van der Waals surface area (Å²) < 4.78 is 0. The highest BCUT2D eigenvalue weighted by Crippen LogP contribution is 2.36. The van der Waals surface area contributed by atoms with E-state index in [2.05, 4.69) is 43.3 Å². The van der Waals surface area contributed by atoms with E-state index in [1.807, 2.05) is 0 Å². The van der Waals surface area contributed by atoms with Gasteiger partial charge < -0.3 is 5.73 Å². The van der Waals surface area contributed by atoms with E-state index >= 15 is 0 Å². The van der Waals surface area contributed by atoms with E-state index in [4.69, 9.17) is 5.73 Å². The summed E-state index contributed by atoms with van der Waals surface area (Å²) in [4.78, 5) is 0. The van der Waals surface area contributed by atoms with Crippen LogP contribution in [0.3, 0.4) is 0 Å². The molecule has 3 rings (SSSR count). The van der Waals surface area contributed by atoms with Gasteiger partial charge in [-0.25, -0.2) is 0 Å². The number of hydrogen-bond acceptors (Lipinski definition) is 1. The Morgan fingerprint density at radius 1 is 0.950 bits per heavy atom. The fourth-order valence-corrected chi connectivity index (χ4v) is 3.75. The molecule has 20 heavy (non-hydrogen) atoms. The molecule has 106 valence electrons. The highest BCUT2D eigenvalue weighted by Gasteiger charge is 2.23. The van der Waals surface area contributed by atoms with Crippen LogP contribution in [-0.4, -0.2) is 0 Å². The lowest BCUT2D eigenvalue weighted by molar-refractivity contribution is 0.383. The summed E-state index contributed by atoms with van der Waals surface area (Å²) >= 11 is 0. The molecule has 0 heterocycles. The summed E-state index contributed by atoms with van der Waals surface area (Å²) in [7, 11) is 0. The van der Waals surface area contributed by atoms with Gasteiger partial charge in [-0.1, -0.05) is 62.1 Å². The van der Waals surface area contributed by atoms with Crippen molar-refractivity contribution in [3.8, 4) is 0 Å². The molecule has 1 nitrogen and oxygen atoms in total. The molecule has 2 N–H and O–H groups in total. The van der Waals surface area contributed by atoms with E-state index in [9.17, 15) is 0 Å². The SMILES string of the molecule is Cc1ccc2ccccc2c1C(N)C1CCCCCC1. The zero-order chi connectivity index (χ0) is 13.9. The Morgan fingerprint density at radius 3 is 2.40 bits per heavy atom. The summed E-state index contributed by atoms with van der Waals surface area (Å²) in [6.45, 7) is 2.21. The normalized spacial score (nSPS) is 18.9. The first-order chi connectivity index (χ1) is 9.77. The second-order valence-corrected chi connectivity index (χ2v) is 6.29. The molecule has 0 amide bonds. The van der Waals surface area contributed by atoms with Gasteiger partial charge in [0.2, 0.25) is 0 Å². The van der Waals surface area contributed by atoms with E-state index in [1.54, 1.807) is 0 Å². The highest BCUT2D eigenvalue weighted by atomic mass is 14.7. The minimum absolute atomic E-state index is 0.194. The lowest BCUT2D eigenvalue weighted by Gasteiger charge is -2.25. The first-order valence-electron chi connectivity index (χ1n) is 8.01. The molecule has 0 aliphatic heterocycles. The third-order valence-electron chi connectivity index (χ3n) is 4.93. The van der Waals surface area contributed by atoms with Crippen LogP contribution in [0.25, 0.3) is 10.8 Å². The molecular weight excluding hydrogens is 242 g/mol. The van der Waals surface area contributed by atoms with Gasteiger partial charge in [-0.2, -0.15) is 0 Å². The van der Waals surface area contributed by atoms with Crippen LogP contribution >= 0.6 is 0 Å². The van der Waals surface area contributed by atoms with E-state index in [1.165, 1.54) is 60.4 Å². The first kappa shape index (κ1) is 13.6. The fourth-order valence-electron chi connectivity index (χ4n) is 3.75. The molecule has 2 aromatic rings. The number of benzene rings is 2. The topological polar surface area (TPSA) is 26.0 Å². The van der Waals surface area contributed by atoms with Gasteiger partial charge in [0.05, 0.1) is 0 Å². The fraction of sp³-hybridized carbons (Fsp3) is 0.474. The molecule has 0 radical (unpaired) electrons. The zero-order valence-corrected chi connectivity index (χ0v) is 12.4. The minimum Gasteiger partial charge on any atom is -0.324 e. The van der Waals surface area contributed by atoms with Crippen LogP contribution in [0.2, 0.25) is 0 Å². The van der Waals surface area contributed by atoms with Crippen molar-refractivity contribution in [3.63, 3.8) is 0 Å². The van der Waals surface area contributed by atoms with Gasteiger partial charge in [0.1, 0.15) is 0 Å². The smallest absolute Gasteiger partial charge is 0.0332 e. The number of rotatable bonds is 2. The maximum absolute atomic E-state index is 6.71. The summed E-state index contributed by atoms with van der Waals surface area (Å²) in [5.74, 6) is 0.655. The molecule has 1 aliphatic carbocycles. The lowest BCUT2D eigenvalue weighted by atomic mass is 9.83. The Kier molecular flexibility index (Phi) is 4.07. The molecule has 0 saturated heterocycles. The van der Waals surface area contributed by atoms with Gasteiger partial charge in [0, 0.05) is 6.04 Å². The van der Waals surface area contributed by atoms with Crippen molar-refractivity contribution < 1.29 is 0 Å². The van der Waals surface area contributed by atoms with Crippen molar-refractivity contribution in [1.82, 2.24) is 0 Å². The standard InChI is InChI=1S/C19H25N/c1-14-12-13-15-8-6-7-11-17(15)18(14)19(20)16-9-4-2-3-5-10-16/h6-8,11-13,16,19H,2-5,9-10,20H2,1H3. The molecule has 1 heteroatoms. The van der Waals surface area contributed by atoms with E-state index < -0.39 is 0 Å². The number of nitrogens with two attached hydrogens (primary N) is 1. The van der Waals surface area contributed by atoms with Gasteiger partial charge in [-0.3, -0.25) is 0 Å². The molecular formula is C19H25N. The Hall–Kier alpha value is -1.34. The van der Waals surface area contributed by atoms with Gasteiger partial charge in [-0.15, -0.1) is 0 Å². The van der Waals surface area contributed by atoms with Crippen molar-refractivity contribution in [2.24, 2.45) is 11.7 Å². The average Bonchev–Trinajstić information content (AvgIpc) is 2.75. The quantitative estimate of drug-likeness (QED) is 0.751. The van der Waals surface area contributed by atoms with Gasteiger partial charge in [0.25, 0.3) is 0 Å². The monoisotopic (exact) mass is 267 g/mol. The second kappa shape index (κ2) is 5.97.